The minimum Gasteiger partial charge on any atom is -0.508 e. The Kier molecular flexibility index (Phi) is 5.90. The highest BCUT2D eigenvalue weighted by molar-refractivity contribution is 6.32. The molecule has 4 rings (SSSR count). The van der Waals surface area contributed by atoms with Gasteiger partial charge < -0.3 is 20.4 Å². The molecule has 0 radical (unpaired) electrons. The van der Waals surface area contributed by atoms with Gasteiger partial charge in [0.2, 0.25) is 0 Å². The van der Waals surface area contributed by atoms with E-state index in [2.05, 4.69) is 4.98 Å². The third-order valence-corrected chi connectivity index (χ3v) is 5.59. The van der Waals surface area contributed by atoms with Gasteiger partial charge >= 0.3 is 11.7 Å². The van der Waals surface area contributed by atoms with E-state index < -0.39 is 11.2 Å². The zero-order chi connectivity index (χ0) is 23.0. The number of hydrogen-bond acceptors (Lipinski definition) is 7. The average Bonchev–Trinajstić information content (AvgIpc) is 3.32. The maximum Gasteiger partial charge on any atom is 0.332 e. The average molecular weight is 460 g/mol. The fraction of sp³-hybridized carbons (Fsp3) is 0.333. The summed E-state index contributed by atoms with van der Waals surface area (Å²) in [6.45, 7) is -0.115. The lowest BCUT2D eigenvalue weighted by Crippen LogP contribution is -2.40. The molecule has 0 unspecified atom stereocenters. The number of aryl methyl sites for hydroxylation is 1. The third kappa shape index (κ3) is 4.19. The highest BCUT2D eigenvalue weighted by Gasteiger charge is 2.26. The maximum atomic E-state index is 13.2. The largest absolute Gasteiger partial charge is 0.508 e. The summed E-state index contributed by atoms with van der Waals surface area (Å²) in [7, 11) is 1.49. The summed E-state index contributed by atoms with van der Waals surface area (Å²) < 4.78 is 9.57. The van der Waals surface area contributed by atoms with Crippen LogP contribution in [0.4, 0.5) is 0 Å². The van der Waals surface area contributed by atoms with Gasteiger partial charge in [-0.3, -0.25) is 18.5 Å². The van der Waals surface area contributed by atoms with Crippen LogP contribution >= 0.6 is 11.6 Å². The number of benzene rings is 1. The molecule has 3 aromatic rings. The summed E-state index contributed by atoms with van der Waals surface area (Å²) in [5, 5.41) is 28.0. The van der Waals surface area contributed by atoms with Crippen molar-refractivity contribution in [3.05, 3.63) is 56.2 Å². The van der Waals surface area contributed by atoms with Crippen LogP contribution in [-0.4, -0.2) is 41.2 Å². The van der Waals surface area contributed by atoms with E-state index in [1.54, 1.807) is 12.1 Å². The molecule has 1 atom stereocenters. The molecule has 0 saturated heterocycles. The molecule has 0 spiro atoms. The quantitative estimate of drug-likeness (QED) is 0.418. The molecule has 1 aliphatic carbocycles. The second-order valence-electron chi connectivity index (χ2n) is 7.59. The Morgan fingerprint density at radius 2 is 2.06 bits per heavy atom. The van der Waals surface area contributed by atoms with Crippen molar-refractivity contribution in [1.29, 1.82) is 5.41 Å². The van der Waals surface area contributed by atoms with Gasteiger partial charge in [-0.15, -0.1) is 0 Å². The van der Waals surface area contributed by atoms with Gasteiger partial charge in [0.05, 0.1) is 6.54 Å². The van der Waals surface area contributed by atoms with E-state index in [0.717, 1.165) is 4.57 Å². The number of hydrogen-bond donors (Lipinski definition) is 3. The van der Waals surface area contributed by atoms with Gasteiger partial charge in [-0.05, 0) is 25.0 Å². The van der Waals surface area contributed by atoms with Crippen molar-refractivity contribution in [2.75, 3.05) is 6.61 Å². The molecule has 0 amide bonds. The molecule has 3 N–H and O–H groups in total. The number of halogens is 1. The number of aromatic nitrogens is 4. The van der Waals surface area contributed by atoms with E-state index in [-0.39, 0.29) is 60.7 Å². The number of phenolic OH excluding ortho intramolecular Hbond substituents is 1. The Labute approximate surface area is 187 Å². The third-order valence-electron chi connectivity index (χ3n) is 5.18. The van der Waals surface area contributed by atoms with Crippen molar-refractivity contribution >= 4 is 28.5 Å². The number of nitrogens with one attached hydrogen (secondary N) is 1. The first-order valence-corrected chi connectivity index (χ1v) is 10.4. The molecule has 2 aromatic heterocycles. The Morgan fingerprint density at radius 1 is 1.31 bits per heavy atom. The summed E-state index contributed by atoms with van der Waals surface area (Å²) in [4.78, 5) is 30.3. The fourth-order valence-corrected chi connectivity index (χ4v) is 3.71. The van der Waals surface area contributed by atoms with Crippen molar-refractivity contribution < 1.29 is 14.9 Å². The molecule has 0 aliphatic heterocycles. The Hall–Kier alpha value is -3.37. The molecule has 2 heterocycles. The normalized spacial score (nSPS) is 15.1. The minimum atomic E-state index is -0.579. The van der Waals surface area contributed by atoms with Crippen LogP contribution in [0.5, 0.6) is 17.5 Å². The van der Waals surface area contributed by atoms with Crippen molar-refractivity contribution in [2.45, 2.75) is 25.9 Å². The molecule has 168 valence electrons. The van der Waals surface area contributed by atoms with Gasteiger partial charge in [0.1, 0.15) is 11.5 Å². The van der Waals surface area contributed by atoms with Gasteiger partial charge in [-0.2, -0.15) is 4.98 Å². The first kappa shape index (κ1) is 21.8. The molecule has 1 aliphatic rings. The summed E-state index contributed by atoms with van der Waals surface area (Å²) in [5.74, 6) is 0.302. The number of rotatable bonds is 9. The van der Waals surface area contributed by atoms with Crippen molar-refractivity contribution in [3.63, 3.8) is 0 Å². The van der Waals surface area contributed by atoms with Crippen LogP contribution in [0.3, 0.4) is 0 Å². The number of aliphatic hydroxyl groups excluding tert-OH is 1. The highest BCUT2D eigenvalue weighted by atomic mass is 35.5. The number of allylic oxidation sites excluding steroid dienone is 2. The molecular formula is C21H22ClN5O5. The first-order chi connectivity index (χ1) is 15.3. The van der Waals surface area contributed by atoms with E-state index >= 15 is 0 Å². The number of aromatic hydroxyl groups is 1. The lowest BCUT2D eigenvalue weighted by Gasteiger charge is -2.12. The number of imidazole rings is 1. The van der Waals surface area contributed by atoms with Crippen LogP contribution in [0.25, 0.3) is 11.2 Å². The predicted octanol–water partition coefficient (Wildman–Crippen LogP) is 1.94. The van der Waals surface area contributed by atoms with Gasteiger partial charge in [-0.1, -0.05) is 23.7 Å². The molecule has 0 bridgehead atoms. The maximum absolute atomic E-state index is 13.2. The molecule has 32 heavy (non-hydrogen) atoms. The molecule has 10 nitrogen and oxygen atoms in total. The van der Waals surface area contributed by atoms with Crippen molar-refractivity contribution in [2.24, 2.45) is 13.0 Å². The SMILES string of the molecule is Cn1c(=O)n(CCCO)c(=O)c2c1nc(Oc1cccc(O)c1)n2CC(=N)C[C@@H]1C=C1Cl. The molecule has 11 heteroatoms. The van der Waals surface area contributed by atoms with E-state index in [4.69, 9.17) is 26.9 Å². The topological polar surface area (TPSA) is 135 Å². The van der Waals surface area contributed by atoms with Crippen LogP contribution in [0.15, 0.2) is 45.0 Å². The molecule has 0 fully saturated rings. The molecule has 1 aromatic carbocycles. The fourth-order valence-electron chi connectivity index (χ4n) is 3.48. The second-order valence-corrected chi connectivity index (χ2v) is 8.03. The Balaban J connectivity index is 1.84. The van der Waals surface area contributed by atoms with Gasteiger partial charge in [-0.25, -0.2) is 4.79 Å². The standard InChI is InChI=1S/C21H22ClN5O5/c1-25-18-17(19(30)26(21(25)31)6-3-7-28)27(11-13(23)8-12-9-16(12)22)20(24-18)32-15-5-2-4-14(29)10-15/h2,4-5,9-10,12,23,28-29H,3,6-8,11H2,1H3/t12-/m1/s1. The Morgan fingerprint density at radius 3 is 2.72 bits per heavy atom. The monoisotopic (exact) mass is 459 g/mol. The predicted molar refractivity (Wildman–Crippen MR) is 119 cm³/mol. The number of ether oxygens (including phenoxy) is 1. The summed E-state index contributed by atoms with van der Waals surface area (Å²) in [6, 6.07) is 6.10. The van der Waals surface area contributed by atoms with Crippen molar-refractivity contribution in [1.82, 2.24) is 18.7 Å². The number of fused-ring (bicyclic) bond motifs is 1. The smallest absolute Gasteiger partial charge is 0.332 e. The van der Waals surface area contributed by atoms with Gasteiger partial charge in [0, 0.05) is 42.9 Å². The van der Waals surface area contributed by atoms with Crippen LogP contribution < -0.4 is 16.0 Å². The van der Waals surface area contributed by atoms with E-state index in [1.165, 1.54) is 28.3 Å². The van der Waals surface area contributed by atoms with E-state index in [1.807, 2.05) is 6.08 Å². The minimum absolute atomic E-state index is 0.00655. The lowest BCUT2D eigenvalue weighted by molar-refractivity contribution is 0.277. The lowest BCUT2D eigenvalue weighted by atomic mass is 10.1. The van der Waals surface area contributed by atoms with Gasteiger partial charge in [0.15, 0.2) is 11.2 Å². The second kappa shape index (κ2) is 8.64. The van der Waals surface area contributed by atoms with Crippen LogP contribution in [-0.2, 0) is 20.1 Å². The number of phenols is 1. The summed E-state index contributed by atoms with van der Waals surface area (Å²) in [5.41, 5.74) is -0.610. The van der Waals surface area contributed by atoms with Crippen LogP contribution in [0, 0.1) is 11.3 Å². The Bertz CT molecular complexity index is 1350. The first-order valence-electron chi connectivity index (χ1n) is 10.0. The summed E-state index contributed by atoms with van der Waals surface area (Å²) in [6.07, 6.45) is 2.48. The van der Waals surface area contributed by atoms with Crippen LogP contribution in [0.1, 0.15) is 12.8 Å². The van der Waals surface area contributed by atoms with Crippen molar-refractivity contribution in [3.8, 4) is 17.5 Å². The zero-order valence-electron chi connectivity index (χ0n) is 17.3. The zero-order valence-corrected chi connectivity index (χ0v) is 18.0. The van der Waals surface area contributed by atoms with E-state index in [0.29, 0.717) is 17.2 Å². The number of aliphatic hydroxyl groups is 1. The highest BCUT2D eigenvalue weighted by Crippen LogP contribution is 2.36. The number of nitrogens with zero attached hydrogens (tertiary/aromatic N) is 4. The molecule has 0 saturated carbocycles. The van der Waals surface area contributed by atoms with Gasteiger partial charge in [0.25, 0.3) is 5.56 Å². The van der Waals surface area contributed by atoms with Crippen LogP contribution in [0.2, 0.25) is 0 Å². The summed E-state index contributed by atoms with van der Waals surface area (Å²) >= 11 is 5.94. The van der Waals surface area contributed by atoms with E-state index in [9.17, 15) is 14.7 Å². The molecular weight excluding hydrogens is 438 g/mol.